The second-order valence-corrected chi connectivity index (χ2v) is 6.86. The van der Waals surface area contributed by atoms with Gasteiger partial charge in [-0.3, -0.25) is 0 Å². The monoisotopic (exact) mass is 484 g/mol. The lowest BCUT2D eigenvalue weighted by atomic mass is 10.0. The molecule has 7 heteroatoms. The van der Waals surface area contributed by atoms with Crippen LogP contribution >= 0.6 is 24.0 Å². The second kappa shape index (κ2) is 11.9. The van der Waals surface area contributed by atoms with E-state index >= 15 is 0 Å². The van der Waals surface area contributed by atoms with Crippen LogP contribution in [-0.4, -0.2) is 33.8 Å². The summed E-state index contributed by atoms with van der Waals surface area (Å²) < 4.78 is 1.97. The Bertz CT molecular complexity index is 708. The van der Waals surface area contributed by atoms with Crippen LogP contribution < -0.4 is 10.6 Å². The molecular formula is C20H33IN6. The molecule has 0 aliphatic heterocycles. The minimum Gasteiger partial charge on any atom is -0.356 e. The van der Waals surface area contributed by atoms with Crippen LogP contribution in [0.25, 0.3) is 0 Å². The van der Waals surface area contributed by atoms with Crippen molar-refractivity contribution in [2.24, 2.45) is 12.0 Å². The van der Waals surface area contributed by atoms with Gasteiger partial charge in [0.15, 0.2) is 11.8 Å². The highest BCUT2D eigenvalue weighted by atomic mass is 127. The molecule has 1 aromatic heterocycles. The van der Waals surface area contributed by atoms with E-state index in [1.807, 2.05) is 18.5 Å². The van der Waals surface area contributed by atoms with E-state index in [1.165, 1.54) is 11.1 Å². The van der Waals surface area contributed by atoms with Crippen LogP contribution in [0.15, 0.2) is 29.3 Å². The number of guanidine groups is 1. The van der Waals surface area contributed by atoms with Crippen LogP contribution in [0.4, 0.5) is 0 Å². The molecule has 150 valence electrons. The van der Waals surface area contributed by atoms with Crippen LogP contribution in [-0.2, 0) is 13.6 Å². The number of benzene rings is 1. The van der Waals surface area contributed by atoms with Crippen molar-refractivity contribution < 1.29 is 0 Å². The molecule has 0 fully saturated rings. The number of hydrogen-bond donors (Lipinski definition) is 2. The molecule has 0 amide bonds. The zero-order chi connectivity index (χ0) is 18.9. The first-order valence-electron chi connectivity index (χ1n) is 9.44. The fourth-order valence-electron chi connectivity index (χ4n) is 2.56. The molecule has 27 heavy (non-hydrogen) atoms. The summed E-state index contributed by atoms with van der Waals surface area (Å²) in [6, 6.07) is 8.73. The van der Waals surface area contributed by atoms with Crippen LogP contribution in [0.1, 0.15) is 55.4 Å². The lowest BCUT2D eigenvalue weighted by Crippen LogP contribution is -2.39. The van der Waals surface area contributed by atoms with E-state index in [4.69, 9.17) is 4.99 Å². The van der Waals surface area contributed by atoms with Crippen molar-refractivity contribution in [3.63, 3.8) is 0 Å². The Morgan fingerprint density at radius 2 is 1.85 bits per heavy atom. The summed E-state index contributed by atoms with van der Waals surface area (Å²) in [6.45, 7) is 10.7. The fraction of sp³-hybridized carbons (Fsp3) is 0.550. The Balaban J connectivity index is 0.00000364. The van der Waals surface area contributed by atoms with Crippen LogP contribution in [0.2, 0.25) is 0 Å². The van der Waals surface area contributed by atoms with Crippen molar-refractivity contribution in [2.75, 3.05) is 13.1 Å². The SMILES string of the molecule is CCCCNC(=NCc1nnc(C)n1C)NCC(C)c1ccc(C)cc1.I. The summed E-state index contributed by atoms with van der Waals surface area (Å²) in [6.07, 6.45) is 2.28. The first-order chi connectivity index (χ1) is 12.5. The maximum Gasteiger partial charge on any atom is 0.191 e. The molecule has 0 aliphatic carbocycles. The molecule has 0 aliphatic rings. The summed E-state index contributed by atoms with van der Waals surface area (Å²) in [5.74, 6) is 3.01. The molecule has 1 aromatic carbocycles. The van der Waals surface area contributed by atoms with Crippen molar-refractivity contribution in [2.45, 2.75) is 53.0 Å². The molecule has 6 nitrogen and oxygen atoms in total. The molecule has 0 saturated carbocycles. The Labute approximate surface area is 180 Å². The summed E-state index contributed by atoms with van der Waals surface area (Å²) in [5, 5.41) is 15.2. The normalized spacial score (nSPS) is 12.4. The number of nitrogens with zero attached hydrogens (tertiary/aromatic N) is 4. The lowest BCUT2D eigenvalue weighted by Gasteiger charge is -2.17. The van der Waals surface area contributed by atoms with Gasteiger partial charge in [-0.05, 0) is 31.7 Å². The molecule has 2 N–H and O–H groups in total. The largest absolute Gasteiger partial charge is 0.356 e. The van der Waals surface area contributed by atoms with E-state index in [-0.39, 0.29) is 24.0 Å². The highest BCUT2D eigenvalue weighted by Gasteiger charge is 2.08. The summed E-state index contributed by atoms with van der Waals surface area (Å²) in [4.78, 5) is 4.69. The quantitative estimate of drug-likeness (QED) is 0.260. The van der Waals surface area contributed by atoms with Gasteiger partial charge in [-0.1, -0.05) is 50.1 Å². The van der Waals surface area contributed by atoms with Crippen molar-refractivity contribution >= 4 is 29.9 Å². The standard InChI is InChI=1S/C20H32N6.HI/c1-6-7-12-21-20(23-14-19-25-24-17(4)26(19)5)22-13-16(3)18-10-8-15(2)9-11-18;/h8-11,16H,6-7,12-14H2,1-5H3,(H2,21,22,23);1H. The number of unbranched alkanes of at least 4 members (excludes halogenated alkanes) is 1. The highest BCUT2D eigenvalue weighted by Crippen LogP contribution is 2.14. The van der Waals surface area contributed by atoms with Gasteiger partial charge >= 0.3 is 0 Å². The van der Waals surface area contributed by atoms with Gasteiger partial charge < -0.3 is 15.2 Å². The molecule has 0 bridgehead atoms. The van der Waals surface area contributed by atoms with Gasteiger partial charge in [0.2, 0.25) is 0 Å². The van der Waals surface area contributed by atoms with Crippen LogP contribution in [0, 0.1) is 13.8 Å². The smallest absolute Gasteiger partial charge is 0.191 e. The maximum absolute atomic E-state index is 4.69. The zero-order valence-electron chi connectivity index (χ0n) is 17.1. The van der Waals surface area contributed by atoms with Crippen molar-refractivity contribution in [3.05, 3.63) is 47.0 Å². The zero-order valence-corrected chi connectivity index (χ0v) is 19.4. The molecule has 1 unspecified atom stereocenters. The predicted molar refractivity (Wildman–Crippen MR) is 123 cm³/mol. The molecule has 1 atom stereocenters. The fourth-order valence-corrected chi connectivity index (χ4v) is 2.56. The average Bonchev–Trinajstić information content (AvgIpc) is 2.96. The van der Waals surface area contributed by atoms with Gasteiger partial charge in [0.05, 0.1) is 0 Å². The van der Waals surface area contributed by atoms with E-state index < -0.39 is 0 Å². The molecule has 0 radical (unpaired) electrons. The number of rotatable bonds is 8. The number of hydrogen-bond acceptors (Lipinski definition) is 3. The topological polar surface area (TPSA) is 67.1 Å². The number of halogens is 1. The van der Waals surface area contributed by atoms with Crippen molar-refractivity contribution in [1.29, 1.82) is 0 Å². The molecule has 0 spiro atoms. The van der Waals surface area contributed by atoms with Gasteiger partial charge in [-0.2, -0.15) is 0 Å². The van der Waals surface area contributed by atoms with Crippen LogP contribution in [0.3, 0.4) is 0 Å². The molecular weight excluding hydrogens is 451 g/mol. The Hall–Kier alpha value is -1.64. The third-order valence-electron chi connectivity index (χ3n) is 4.61. The van der Waals surface area contributed by atoms with E-state index in [1.54, 1.807) is 0 Å². The van der Waals surface area contributed by atoms with Gasteiger partial charge in [0, 0.05) is 20.1 Å². The van der Waals surface area contributed by atoms with Crippen molar-refractivity contribution in [1.82, 2.24) is 25.4 Å². The summed E-state index contributed by atoms with van der Waals surface area (Å²) >= 11 is 0. The second-order valence-electron chi connectivity index (χ2n) is 6.86. The number of aryl methyl sites for hydroxylation is 2. The minimum absolute atomic E-state index is 0. The Morgan fingerprint density at radius 1 is 1.15 bits per heavy atom. The first kappa shape index (κ1) is 23.4. The van der Waals surface area contributed by atoms with Crippen molar-refractivity contribution in [3.8, 4) is 0 Å². The van der Waals surface area contributed by atoms with E-state index in [2.05, 4.69) is 65.9 Å². The van der Waals surface area contributed by atoms with Gasteiger partial charge in [0.25, 0.3) is 0 Å². The first-order valence-corrected chi connectivity index (χ1v) is 9.44. The minimum atomic E-state index is 0. The predicted octanol–water partition coefficient (Wildman–Crippen LogP) is 3.69. The summed E-state index contributed by atoms with van der Waals surface area (Å²) in [5.41, 5.74) is 2.62. The number of aliphatic imine (C=N–C) groups is 1. The average molecular weight is 484 g/mol. The Kier molecular flexibility index (Phi) is 10.4. The number of aromatic nitrogens is 3. The van der Waals surface area contributed by atoms with Crippen LogP contribution in [0.5, 0.6) is 0 Å². The Morgan fingerprint density at radius 3 is 2.44 bits per heavy atom. The van der Waals surface area contributed by atoms with Gasteiger partial charge in [-0.25, -0.2) is 4.99 Å². The molecule has 1 heterocycles. The third kappa shape index (κ3) is 7.48. The number of nitrogens with one attached hydrogen (secondary N) is 2. The molecule has 2 rings (SSSR count). The highest BCUT2D eigenvalue weighted by molar-refractivity contribution is 14.0. The van der Waals surface area contributed by atoms with E-state index in [0.29, 0.717) is 12.5 Å². The van der Waals surface area contributed by atoms with Gasteiger partial charge in [-0.15, -0.1) is 34.2 Å². The van der Waals surface area contributed by atoms with Gasteiger partial charge in [0.1, 0.15) is 12.4 Å². The summed E-state index contributed by atoms with van der Waals surface area (Å²) in [7, 11) is 1.97. The molecule has 2 aromatic rings. The van der Waals surface area contributed by atoms with E-state index in [9.17, 15) is 0 Å². The third-order valence-corrected chi connectivity index (χ3v) is 4.61. The lowest BCUT2D eigenvalue weighted by molar-refractivity contribution is 0.677. The van der Waals surface area contributed by atoms with E-state index in [0.717, 1.165) is 43.5 Å². The maximum atomic E-state index is 4.69. The molecule has 0 saturated heterocycles.